The summed E-state index contributed by atoms with van der Waals surface area (Å²) in [6.45, 7) is 5.46. The van der Waals surface area contributed by atoms with E-state index in [4.69, 9.17) is 14.6 Å². The average molecular weight is 563 g/mol. The fraction of sp³-hybridized carbons (Fsp3) is 0.652. The first-order valence-corrected chi connectivity index (χ1v) is 13.3. The Morgan fingerprint density at radius 3 is 2.37 bits per heavy atom. The number of nitrogens with one attached hydrogen (secondary N) is 4. The van der Waals surface area contributed by atoms with Gasteiger partial charge in [0.2, 0.25) is 11.8 Å². The van der Waals surface area contributed by atoms with Gasteiger partial charge in [-0.25, -0.2) is 4.79 Å². The minimum absolute atomic E-state index is 0.0831. The van der Waals surface area contributed by atoms with Crippen molar-refractivity contribution in [1.82, 2.24) is 20.7 Å². The molecule has 5 N–H and O–H groups in total. The standard InChI is InChI=1S/C23H38N4O10S/c1-17(25-20(23(33)34)5-3-10-28)7-8-19(15-29)26-22(32)16-37-13-12-36-11-9-24-21(31)6-4-14-38(35)27-18(2)30/h10,15,19-20,25H,1,3-9,11-14,16H2,2H3,(H,24,31)(H,26,32)(H,27,30)(H,33,34). The van der Waals surface area contributed by atoms with Gasteiger partial charge < -0.3 is 44.7 Å². The third kappa shape index (κ3) is 20.1. The Kier molecular flexibility index (Phi) is 20.3. The predicted octanol–water partition coefficient (Wildman–Crippen LogP) is -1.28. The summed E-state index contributed by atoms with van der Waals surface area (Å²) in [4.78, 5) is 67.3. The van der Waals surface area contributed by atoms with E-state index in [1.54, 1.807) is 0 Å². The number of hydrogen-bond donors (Lipinski definition) is 5. The van der Waals surface area contributed by atoms with Gasteiger partial charge in [-0.2, -0.15) is 4.72 Å². The van der Waals surface area contributed by atoms with Crippen molar-refractivity contribution in [1.29, 1.82) is 0 Å². The highest BCUT2D eigenvalue weighted by atomic mass is 32.2. The van der Waals surface area contributed by atoms with Crippen LogP contribution >= 0.6 is 0 Å². The van der Waals surface area contributed by atoms with Gasteiger partial charge in [0.25, 0.3) is 5.91 Å². The Morgan fingerprint density at radius 2 is 1.74 bits per heavy atom. The van der Waals surface area contributed by atoms with Gasteiger partial charge in [-0.05, 0) is 19.3 Å². The highest BCUT2D eigenvalue weighted by Crippen LogP contribution is 2.06. The van der Waals surface area contributed by atoms with E-state index in [1.165, 1.54) is 6.92 Å². The third-order valence-electron chi connectivity index (χ3n) is 4.68. The SMILES string of the molecule is C=C(CCC(C=O)NC(=O)COCCOCCNC(=O)CCC[S+]([O-])NC(C)=O)NC(CCC=O)C(=O)O. The zero-order valence-corrected chi connectivity index (χ0v) is 22.3. The molecule has 3 amide bonds. The number of carboxylic acid groups (broad SMARTS) is 1. The number of carboxylic acids is 1. The smallest absolute Gasteiger partial charge is 0.326 e. The number of allylic oxidation sites excluding steroid dienone is 1. The molecule has 0 aliphatic carbocycles. The molecule has 0 aromatic rings. The first-order chi connectivity index (χ1) is 18.1. The quantitative estimate of drug-likeness (QED) is 0.0530. The molecule has 0 aliphatic heterocycles. The van der Waals surface area contributed by atoms with Crippen molar-refractivity contribution < 1.29 is 47.9 Å². The van der Waals surface area contributed by atoms with Crippen LogP contribution in [-0.2, 0) is 49.6 Å². The van der Waals surface area contributed by atoms with E-state index in [0.29, 0.717) is 24.7 Å². The van der Waals surface area contributed by atoms with Crippen molar-refractivity contribution in [3.63, 3.8) is 0 Å². The minimum Gasteiger partial charge on any atom is -0.593 e. The molecule has 0 rings (SSSR count). The van der Waals surface area contributed by atoms with Gasteiger partial charge in [-0.1, -0.05) is 6.58 Å². The highest BCUT2D eigenvalue weighted by molar-refractivity contribution is 7.90. The van der Waals surface area contributed by atoms with Crippen LogP contribution in [0.3, 0.4) is 0 Å². The number of aldehydes is 2. The Morgan fingerprint density at radius 1 is 1.03 bits per heavy atom. The van der Waals surface area contributed by atoms with Crippen LogP contribution in [-0.4, -0.2) is 96.7 Å². The topological polar surface area (TPSA) is 212 Å². The number of carbonyl (C=O) groups is 6. The molecule has 0 aromatic heterocycles. The summed E-state index contributed by atoms with van der Waals surface area (Å²) >= 11 is -1.49. The van der Waals surface area contributed by atoms with Gasteiger partial charge in [0, 0.05) is 38.4 Å². The number of carbonyl (C=O) groups excluding carboxylic acids is 5. The molecule has 0 aliphatic rings. The number of rotatable bonds is 24. The van der Waals surface area contributed by atoms with Crippen molar-refractivity contribution in [2.45, 2.75) is 57.5 Å². The fourth-order valence-corrected chi connectivity index (χ4v) is 3.70. The number of ether oxygens (including phenoxy) is 2. The van der Waals surface area contributed by atoms with Gasteiger partial charge in [0.05, 0.1) is 37.2 Å². The number of aliphatic carboxylic acids is 1. The normalized spacial score (nSPS) is 12.9. The zero-order valence-electron chi connectivity index (χ0n) is 21.5. The summed E-state index contributed by atoms with van der Waals surface area (Å²) in [5, 5.41) is 17.0. The fourth-order valence-electron chi connectivity index (χ4n) is 2.87. The molecule has 15 heteroatoms. The van der Waals surface area contributed by atoms with Crippen molar-refractivity contribution in [2.75, 3.05) is 38.7 Å². The van der Waals surface area contributed by atoms with Gasteiger partial charge in [0.1, 0.15) is 31.0 Å². The largest absolute Gasteiger partial charge is 0.593 e. The number of hydrogen-bond acceptors (Lipinski definition) is 10. The maximum Gasteiger partial charge on any atom is 0.326 e. The molecule has 3 atom stereocenters. The van der Waals surface area contributed by atoms with E-state index in [1.807, 2.05) is 0 Å². The Bertz CT molecular complexity index is 783. The first kappa shape index (κ1) is 35.0. The third-order valence-corrected chi connectivity index (χ3v) is 5.86. The molecular weight excluding hydrogens is 524 g/mol. The maximum atomic E-state index is 12.0. The molecule has 38 heavy (non-hydrogen) atoms. The van der Waals surface area contributed by atoms with E-state index in [9.17, 15) is 33.3 Å². The summed E-state index contributed by atoms with van der Waals surface area (Å²) in [6.07, 6.45) is 2.33. The monoisotopic (exact) mass is 562 g/mol. The molecule has 0 aromatic carbocycles. The maximum absolute atomic E-state index is 12.0. The molecule has 0 spiro atoms. The summed E-state index contributed by atoms with van der Waals surface area (Å²) < 4.78 is 24.1. The molecule has 0 heterocycles. The summed E-state index contributed by atoms with van der Waals surface area (Å²) in [7, 11) is 0. The van der Waals surface area contributed by atoms with Gasteiger partial charge in [-0.15, -0.1) is 0 Å². The van der Waals surface area contributed by atoms with E-state index < -0.39 is 41.2 Å². The molecule has 0 fully saturated rings. The molecule has 0 saturated carbocycles. The first-order valence-electron chi connectivity index (χ1n) is 12.0. The van der Waals surface area contributed by atoms with Gasteiger partial charge in [0.15, 0.2) is 0 Å². The summed E-state index contributed by atoms with van der Waals surface area (Å²) in [5.41, 5.74) is 0.368. The molecule has 0 radical (unpaired) electrons. The number of amides is 3. The van der Waals surface area contributed by atoms with E-state index in [-0.39, 0.29) is 76.7 Å². The van der Waals surface area contributed by atoms with Crippen molar-refractivity contribution in [3.8, 4) is 0 Å². The second-order valence-corrected chi connectivity index (χ2v) is 9.36. The molecular formula is C23H38N4O10S. The van der Waals surface area contributed by atoms with Gasteiger partial charge in [-0.3, -0.25) is 14.4 Å². The zero-order chi connectivity index (χ0) is 28.8. The van der Waals surface area contributed by atoms with Crippen molar-refractivity contribution in [2.24, 2.45) is 0 Å². The van der Waals surface area contributed by atoms with Crippen LogP contribution in [0.25, 0.3) is 0 Å². The van der Waals surface area contributed by atoms with Gasteiger partial charge >= 0.3 is 5.97 Å². The second kappa shape index (κ2) is 22.0. The van der Waals surface area contributed by atoms with Crippen LogP contribution in [0.15, 0.2) is 12.3 Å². The Labute approximate surface area is 224 Å². The second-order valence-electron chi connectivity index (χ2n) is 8.06. The van der Waals surface area contributed by atoms with Crippen LogP contribution in [0, 0.1) is 0 Å². The summed E-state index contributed by atoms with van der Waals surface area (Å²) in [5.74, 6) is -2.07. The lowest BCUT2D eigenvalue weighted by atomic mass is 10.1. The van der Waals surface area contributed by atoms with E-state index in [0.717, 1.165) is 0 Å². The van der Waals surface area contributed by atoms with E-state index in [2.05, 4.69) is 27.3 Å². The lowest BCUT2D eigenvalue weighted by molar-refractivity contribution is -0.139. The van der Waals surface area contributed by atoms with Crippen molar-refractivity contribution >= 4 is 47.6 Å². The Hall–Kier alpha value is -3.01. The van der Waals surface area contributed by atoms with Crippen molar-refractivity contribution in [3.05, 3.63) is 12.3 Å². The van der Waals surface area contributed by atoms with E-state index >= 15 is 0 Å². The van der Waals surface area contributed by atoms with Crippen LogP contribution in [0.1, 0.15) is 45.4 Å². The molecule has 3 unspecified atom stereocenters. The van der Waals surface area contributed by atoms with Crippen LogP contribution < -0.4 is 20.7 Å². The highest BCUT2D eigenvalue weighted by Gasteiger charge is 2.18. The predicted molar refractivity (Wildman–Crippen MR) is 137 cm³/mol. The molecule has 0 saturated heterocycles. The molecule has 216 valence electrons. The van der Waals surface area contributed by atoms with Crippen LogP contribution in [0.2, 0.25) is 0 Å². The molecule has 14 nitrogen and oxygen atoms in total. The minimum atomic E-state index is -1.49. The Balaban J connectivity index is 3.89. The molecule has 0 bridgehead atoms. The average Bonchev–Trinajstić information content (AvgIpc) is 2.85. The lowest BCUT2D eigenvalue weighted by Gasteiger charge is -2.18. The lowest BCUT2D eigenvalue weighted by Crippen LogP contribution is -2.39. The van der Waals surface area contributed by atoms with Crippen LogP contribution in [0.4, 0.5) is 0 Å². The van der Waals surface area contributed by atoms with Crippen LogP contribution in [0.5, 0.6) is 0 Å². The summed E-state index contributed by atoms with van der Waals surface area (Å²) in [6, 6.07) is -1.78.